The number of fused-ring (bicyclic) bond motifs is 1. The molecule has 0 amide bonds. The quantitative estimate of drug-likeness (QED) is 0.453. The summed E-state index contributed by atoms with van der Waals surface area (Å²) < 4.78 is 15.0. The summed E-state index contributed by atoms with van der Waals surface area (Å²) in [4.78, 5) is 0. The molecule has 1 aliphatic heterocycles. The Kier molecular flexibility index (Phi) is 4.57. The fourth-order valence-corrected chi connectivity index (χ4v) is 9.41. The van der Waals surface area contributed by atoms with Crippen molar-refractivity contribution in [2.75, 3.05) is 0 Å². The van der Waals surface area contributed by atoms with E-state index in [0.717, 1.165) is 29.0 Å². The zero-order chi connectivity index (χ0) is 19.0. The van der Waals surface area contributed by atoms with E-state index in [1.165, 1.54) is 24.0 Å². The van der Waals surface area contributed by atoms with Gasteiger partial charge in [-0.25, -0.2) is 0 Å². The summed E-state index contributed by atoms with van der Waals surface area (Å²) in [6.45, 7) is 0. The van der Waals surface area contributed by atoms with Crippen LogP contribution in [0.4, 0.5) is 0 Å². The fraction of sp³-hybridized carbons (Fsp3) is 0.231. The normalized spacial score (nSPS) is 26.9. The molecule has 0 aromatic heterocycles. The van der Waals surface area contributed by atoms with Crippen LogP contribution in [0, 0.1) is 5.92 Å². The Morgan fingerprint density at radius 1 is 0.643 bits per heavy atom. The first-order valence-corrected chi connectivity index (χ1v) is 12.1. The van der Waals surface area contributed by atoms with E-state index in [-0.39, 0.29) is 5.66 Å². The molecule has 0 bridgehead atoms. The molecule has 3 aromatic rings. The molecule has 1 aliphatic carbocycles. The Hall–Kier alpha value is -2.37. The van der Waals surface area contributed by atoms with Crippen LogP contribution < -0.4 is 5.30 Å². The molecular formula is C26H25OP. The third-order valence-electron chi connectivity index (χ3n) is 6.43. The minimum Gasteiger partial charge on any atom is -0.313 e. The number of hydrogen-bond acceptors (Lipinski definition) is 1. The molecule has 1 unspecified atom stereocenters. The molecule has 0 N–H and O–H groups in total. The maximum absolute atomic E-state index is 15.0. The zero-order valence-corrected chi connectivity index (χ0v) is 16.9. The fourth-order valence-electron chi connectivity index (χ4n) is 5.29. The van der Waals surface area contributed by atoms with Gasteiger partial charge in [-0.3, -0.25) is 0 Å². The van der Waals surface area contributed by atoms with Crippen LogP contribution in [-0.4, -0.2) is 5.66 Å². The van der Waals surface area contributed by atoms with Crippen molar-refractivity contribution < 1.29 is 4.57 Å². The summed E-state index contributed by atoms with van der Waals surface area (Å²) in [6, 6.07) is 31.4. The Bertz CT molecular complexity index is 1040. The van der Waals surface area contributed by atoms with Gasteiger partial charge in [0.25, 0.3) is 0 Å². The van der Waals surface area contributed by atoms with Crippen molar-refractivity contribution in [1.29, 1.82) is 0 Å². The summed E-state index contributed by atoms with van der Waals surface area (Å²) in [7, 11) is -2.73. The van der Waals surface area contributed by atoms with Crippen LogP contribution in [0.5, 0.6) is 0 Å². The highest BCUT2D eigenvalue weighted by molar-refractivity contribution is 7.82. The molecule has 140 valence electrons. The Balaban J connectivity index is 1.84. The predicted molar refractivity (Wildman–Crippen MR) is 119 cm³/mol. The maximum Gasteiger partial charge on any atom is 0.147 e. The van der Waals surface area contributed by atoms with Gasteiger partial charge in [0.15, 0.2) is 0 Å². The molecular weight excluding hydrogens is 359 g/mol. The molecule has 3 aromatic carbocycles. The lowest BCUT2D eigenvalue weighted by Gasteiger charge is -2.31. The number of allylic oxidation sites excluding steroid dienone is 1. The van der Waals surface area contributed by atoms with Gasteiger partial charge in [-0.15, -0.1) is 0 Å². The molecule has 1 heterocycles. The van der Waals surface area contributed by atoms with Crippen molar-refractivity contribution in [3.8, 4) is 0 Å². The molecule has 0 radical (unpaired) electrons. The van der Waals surface area contributed by atoms with Crippen LogP contribution >= 0.6 is 7.14 Å². The van der Waals surface area contributed by atoms with Gasteiger partial charge in [-0.1, -0.05) is 104 Å². The first-order chi connectivity index (χ1) is 13.8. The predicted octanol–water partition coefficient (Wildman–Crippen LogP) is 6.82. The van der Waals surface area contributed by atoms with Crippen molar-refractivity contribution in [1.82, 2.24) is 0 Å². The lowest BCUT2D eigenvalue weighted by atomic mass is 9.80. The molecule has 1 fully saturated rings. The van der Waals surface area contributed by atoms with Gasteiger partial charge in [0.2, 0.25) is 0 Å². The third kappa shape index (κ3) is 2.73. The lowest BCUT2D eigenvalue weighted by Crippen LogP contribution is -2.24. The molecule has 5 rings (SSSR count). The second-order valence-electron chi connectivity index (χ2n) is 7.95. The Morgan fingerprint density at radius 2 is 1.18 bits per heavy atom. The average Bonchev–Trinajstić information content (AvgIpc) is 3.06. The van der Waals surface area contributed by atoms with E-state index in [9.17, 15) is 0 Å². The van der Waals surface area contributed by atoms with Crippen molar-refractivity contribution in [2.24, 2.45) is 5.92 Å². The van der Waals surface area contributed by atoms with Gasteiger partial charge in [0.1, 0.15) is 7.14 Å². The molecule has 1 nitrogen and oxygen atoms in total. The van der Waals surface area contributed by atoms with Crippen LogP contribution in [0.2, 0.25) is 0 Å². The minimum atomic E-state index is -2.73. The monoisotopic (exact) mass is 384 g/mol. The highest BCUT2D eigenvalue weighted by Crippen LogP contribution is 2.74. The highest BCUT2D eigenvalue weighted by atomic mass is 31.2. The van der Waals surface area contributed by atoms with E-state index < -0.39 is 7.14 Å². The van der Waals surface area contributed by atoms with Crippen LogP contribution in [0.25, 0.3) is 10.9 Å². The van der Waals surface area contributed by atoms with Gasteiger partial charge in [0.05, 0.1) is 0 Å². The summed E-state index contributed by atoms with van der Waals surface area (Å²) in [6.07, 6.45) is 4.61. The van der Waals surface area contributed by atoms with E-state index in [1.54, 1.807) is 0 Å². The van der Waals surface area contributed by atoms with Crippen molar-refractivity contribution in [3.63, 3.8) is 0 Å². The molecule has 0 saturated heterocycles. The van der Waals surface area contributed by atoms with Gasteiger partial charge in [-0.05, 0) is 35.5 Å². The standard InChI is InChI=1S/C26H25OP/c27-28(22-16-8-3-9-17-22)24-19-11-10-18-23(24)25(20-12-4-1-5-13-20)26(28)21-14-6-2-7-15-21/h1-9,12-17,23-24H,10-11,18-19H2/t23-,24?,28+/m1/s1. The summed E-state index contributed by atoms with van der Waals surface area (Å²) in [5.41, 5.74) is 3.94. The smallest absolute Gasteiger partial charge is 0.147 e. The first-order valence-electron chi connectivity index (χ1n) is 10.3. The van der Waals surface area contributed by atoms with E-state index >= 15 is 4.57 Å². The lowest BCUT2D eigenvalue weighted by molar-refractivity contribution is 0.431. The van der Waals surface area contributed by atoms with Gasteiger partial charge in [0, 0.05) is 16.3 Å². The minimum absolute atomic E-state index is 0.231. The van der Waals surface area contributed by atoms with Crippen LogP contribution in [0.3, 0.4) is 0 Å². The number of hydrogen-bond donors (Lipinski definition) is 0. The summed E-state index contributed by atoms with van der Waals surface area (Å²) in [5.74, 6) is 0.386. The zero-order valence-electron chi connectivity index (χ0n) is 16.0. The van der Waals surface area contributed by atoms with E-state index in [2.05, 4.69) is 66.7 Å². The van der Waals surface area contributed by atoms with E-state index in [1.807, 2.05) is 24.3 Å². The highest BCUT2D eigenvalue weighted by Gasteiger charge is 2.52. The molecule has 1 saturated carbocycles. The molecule has 2 heteroatoms. The molecule has 3 atom stereocenters. The SMILES string of the molecule is O=[P@]1(c2ccccc2)C(c2ccccc2)=C(c2ccccc2)[C@@H]2CCCCC21. The van der Waals surface area contributed by atoms with Crippen LogP contribution in [0.15, 0.2) is 91.0 Å². The van der Waals surface area contributed by atoms with E-state index in [4.69, 9.17) is 0 Å². The summed E-state index contributed by atoms with van der Waals surface area (Å²) in [5, 5.41) is 2.14. The molecule has 0 spiro atoms. The van der Waals surface area contributed by atoms with Crippen molar-refractivity contribution in [2.45, 2.75) is 31.3 Å². The topological polar surface area (TPSA) is 17.1 Å². The van der Waals surface area contributed by atoms with Crippen molar-refractivity contribution >= 4 is 23.3 Å². The van der Waals surface area contributed by atoms with E-state index in [0.29, 0.717) is 5.92 Å². The van der Waals surface area contributed by atoms with Crippen molar-refractivity contribution in [3.05, 3.63) is 102 Å². The molecule has 2 aliphatic rings. The third-order valence-corrected chi connectivity index (χ3v) is 10.2. The maximum atomic E-state index is 15.0. The van der Waals surface area contributed by atoms with Gasteiger partial charge < -0.3 is 4.57 Å². The number of rotatable bonds is 3. The number of benzene rings is 3. The first kappa shape index (κ1) is 17.7. The second-order valence-corrected chi connectivity index (χ2v) is 10.9. The average molecular weight is 384 g/mol. The Labute approximate surface area is 167 Å². The van der Waals surface area contributed by atoms with Gasteiger partial charge in [-0.2, -0.15) is 0 Å². The second kappa shape index (κ2) is 7.22. The van der Waals surface area contributed by atoms with Gasteiger partial charge >= 0.3 is 0 Å². The Morgan fingerprint density at radius 3 is 1.82 bits per heavy atom. The largest absolute Gasteiger partial charge is 0.313 e. The van der Waals surface area contributed by atoms with Crippen LogP contribution in [-0.2, 0) is 4.57 Å². The molecule has 28 heavy (non-hydrogen) atoms. The van der Waals surface area contributed by atoms with Crippen LogP contribution in [0.1, 0.15) is 36.8 Å². The summed E-state index contributed by atoms with van der Waals surface area (Å²) >= 11 is 0.